The van der Waals surface area contributed by atoms with Crippen molar-refractivity contribution in [1.29, 1.82) is 0 Å². The number of carbonyl (C=O) groups is 2. The van der Waals surface area contributed by atoms with Crippen molar-refractivity contribution >= 4 is 17.9 Å². The number of anilines is 1. The molecular formula is C23H30FN3O5. The summed E-state index contributed by atoms with van der Waals surface area (Å²) in [7, 11) is 0. The first-order valence-corrected chi connectivity index (χ1v) is 10.1. The molecule has 0 bridgehead atoms. The fourth-order valence-corrected chi connectivity index (χ4v) is 2.45. The van der Waals surface area contributed by atoms with Gasteiger partial charge in [-0.1, -0.05) is 12.1 Å². The van der Waals surface area contributed by atoms with Gasteiger partial charge in [-0.2, -0.15) is 0 Å². The number of amides is 2. The minimum Gasteiger partial charge on any atom is -0.473 e. The first kappa shape index (κ1) is 24.9. The number of rotatable bonds is 6. The van der Waals surface area contributed by atoms with Gasteiger partial charge in [-0.3, -0.25) is 5.32 Å². The lowest BCUT2D eigenvalue weighted by atomic mass is 10.1. The number of nitrogens with one attached hydrogen (secondary N) is 2. The highest BCUT2D eigenvalue weighted by Gasteiger charge is 2.17. The van der Waals surface area contributed by atoms with Crippen LogP contribution in [0.2, 0.25) is 0 Å². The molecule has 2 aromatic rings. The summed E-state index contributed by atoms with van der Waals surface area (Å²) in [5, 5.41) is 5.13. The summed E-state index contributed by atoms with van der Waals surface area (Å²) in [4.78, 5) is 27.7. The zero-order valence-corrected chi connectivity index (χ0v) is 19.2. The normalized spacial score (nSPS) is 11.5. The lowest BCUT2D eigenvalue weighted by molar-refractivity contribution is 0.0522. The Morgan fingerprint density at radius 1 is 0.969 bits per heavy atom. The molecule has 174 valence electrons. The molecule has 0 unspecified atom stereocenters. The zero-order chi connectivity index (χ0) is 23.9. The number of aromatic nitrogens is 1. The Kier molecular flexibility index (Phi) is 8.02. The van der Waals surface area contributed by atoms with E-state index in [4.69, 9.17) is 14.2 Å². The molecular weight excluding hydrogens is 417 g/mol. The average molecular weight is 448 g/mol. The molecule has 32 heavy (non-hydrogen) atoms. The van der Waals surface area contributed by atoms with Crippen LogP contribution in [0.25, 0.3) is 0 Å². The monoisotopic (exact) mass is 447 g/mol. The smallest absolute Gasteiger partial charge is 0.412 e. The van der Waals surface area contributed by atoms with E-state index in [0.29, 0.717) is 16.8 Å². The van der Waals surface area contributed by atoms with Gasteiger partial charge in [-0.15, -0.1) is 0 Å². The van der Waals surface area contributed by atoms with Crippen molar-refractivity contribution in [2.45, 2.75) is 65.9 Å². The Hall–Kier alpha value is -3.36. The van der Waals surface area contributed by atoms with E-state index in [1.807, 2.05) is 0 Å². The highest BCUT2D eigenvalue weighted by Crippen LogP contribution is 2.18. The Bertz CT molecular complexity index is 951. The summed E-state index contributed by atoms with van der Waals surface area (Å²) in [5.41, 5.74) is 0.114. The van der Waals surface area contributed by atoms with E-state index in [-0.39, 0.29) is 19.0 Å². The van der Waals surface area contributed by atoms with Gasteiger partial charge in [0.25, 0.3) is 0 Å². The minimum atomic E-state index is -0.627. The SMILES string of the molecule is CC(C)(C)OC(=O)NCc1ccc(COc2cc(NC(=O)OC(C)(C)C)ccn2)cc1F. The first-order valence-electron chi connectivity index (χ1n) is 10.1. The van der Waals surface area contributed by atoms with Crippen LogP contribution in [0, 0.1) is 5.82 Å². The maximum absolute atomic E-state index is 14.4. The van der Waals surface area contributed by atoms with E-state index >= 15 is 0 Å². The highest BCUT2D eigenvalue weighted by atomic mass is 19.1. The number of halogens is 1. The number of hydrogen-bond acceptors (Lipinski definition) is 6. The molecule has 0 spiro atoms. The summed E-state index contributed by atoms with van der Waals surface area (Å²) in [5.74, 6) is -0.218. The van der Waals surface area contributed by atoms with Gasteiger partial charge in [0.15, 0.2) is 0 Å². The molecule has 0 radical (unpaired) electrons. The van der Waals surface area contributed by atoms with Crippen molar-refractivity contribution < 1.29 is 28.2 Å². The molecule has 8 nitrogen and oxygen atoms in total. The van der Waals surface area contributed by atoms with Crippen LogP contribution in [0.15, 0.2) is 36.5 Å². The van der Waals surface area contributed by atoms with Gasteiger partial charge in [0.2, 0.25) is 5.88 Å². The molecule has 9 heteroatoms. The van der Waals surface area contributed by atoms with Crippen LogP contribution in [0.3, 0.4) is 0 Å². The van der Waals surface area contributed by atoms with E-state index in [2.05, 4.69) is 15.6 Å². The van der Waals surface area contributed by atoms with Crippen molar-refractivity contribution in [2.75, 3.05) is 5.32 Å². The van der Waals surface area contributed by atoms with Gasteiger partial charge in [0.05, 0.1) is 5.69 Å². The maximum Gasteiger partial charge on any atom is 0.412 e. The number of alkyl carbamates (subject to hydrolysis) is 1. The number of nitrogens with zero attached hydrogens (tertiary/aromatic N) is 1. The van der Waals surface area contributed by atoms with E-state index in [1.54, 1.807) is 65.8 Å². The summed E-state index contributed by atoms with van der Waals surface area (Å²) in [6.45, 7) is 10.6. The second kappa shape index (κ2) is 10.3. The van der Waals surface area contributed by atoms with Crippen LogP contribution in [0.1, 0.15) is 52.7 Å². The highest BCUT2D eigenvalue weighted by molar-refractivity contribution is 5.84. The van der Waals surface area contributed by atoms with Gasteiger partial charge < -0.3 is 19.5 Å². The minimum absolute atomic E-state index is 0.00180. The number of ether oxygens (including phenoxy) is 3. The van der Waals surface area contributed by atoms with E-state index < -0.39 is 29.2 Å². The summed E-state index contributed by atoms with van der Waals surface area (Å²) < 4.78 is 30.3. The number of carbonyl (C=O) groups excluding carboxylic acids is 2. The summed E-state index contributed by atoms with van der Waals surface area (Å²) in [6, 6.07) is 7.73. The largest absolute Gasteiger partial charge is 0.473 e. The van der Waals surface area contributed by atoms with Crippen molar-refractivity contribution in [2.24, 2.45) is 0 Å². The molecule has 1 heterocycles. The number of hydrogen-bond donors (Lipinski definition) is 2. The predicted octanol–water partition coefficient (Wildman–Crippen LogP) is 5.17. The Morgan fingerprint density at radius 3 is 2.25 bits per heavy atom. The van der Waals surface area contributed by atoms with Crippen LogP contribution in [0.4, 0.5) is 19.7 Å². The maximum atomic E-state index is 14.4. The molecule has 0 saturated heterocycles. The zero-order valence-electron chi connectivity index (χ0n) is 19.2. The standard InChI is InChI=1S/C23H30FN3O5/c1-22(2,3)31-20(28)26-13-16-8-7-15(11-18(16)24)14-30-19-12-17(9-10-25-19)27-21(29)32-23(4,5)6/h7-12H,13-14H2,1-6H3,(H,26,28)(H,25,27,29). The molecule has 0 aliphatic rings. The Morgan fingerprint density at radius 2 is 1.62 bits per heavy atom. The molecule has 1 aromatic heterocycles. The van der Waals surface area contributed by atoms with Crippen LogP contribution >= 0.6 is 0 Å². The topological polar surface area (TPSA) is 98.8 Å². The number of benzene rings is 1. The van der Waals surface area contributed by atoms with Gasteiger partial charge in [0.1, 0.15) is 23.6 Å². The molecule has 0 aliphatic heterocycles. The van der Waals surface area contributed by atoms with Gasteiger partial charge in [-0.05, 0) is 59.2 Å². The van der Waals surface area contributed by atoms with Gasteiger partial charge in [0, 0.05) is 24.4 Å². The van der Waals surface area contributed by atoms with E-state index in [1.165, 1.54) is 12.3 Å². The molecule has 0 atom stereocenters. The molecule has 1 aromatic carbocycles. The van der Waals surface area contributed by atoms with Crippen molar-refractivity contribution in [3.05, 3.63) is 53.5 Å². The number of pyridine rings is 1. The fraction of sp³-hybridized carbons (Fsp3) is 0.435. The van der Waals surface area contributed by atoms with Crippen LogP contribution in [0.5, 0.6) is 5.88 Å². The molecule has 0 fully saturated rings. The summed E-state index contributed by atoms with van der Waals surface area (Å²) >= 11 is 0. The third-order valence-electron chi connectivity index (χ3n) is 3.71. The third kappa shape index (κ3) is 9.20. The second-order valence-electron chi connectivity index (χ2n) is 9.08. The Labute approximate surface area is 187 Å². The molecule has 2 rings (SSSR count). The predicted molar refractivity (Wildman–Crippen MR) is 118 cm³/mol. The van der Waals surface area contributed by atoms with Crippen molar-refractivity contribution in [1.82, 2.24) is 10.3 Å². The Balaban J connectivity index is 1.91. The molecule has 0 saturated carbocycles. The van der Waals surface area contributed by atoms with Crippen molar-refractivity contribution in [3.63, 3.8) is 0 Å². The first-order chi connectivity index (χ1) is 14.8. The quantitative estimate of drug-likeness (QED) is 0.634. The fourth-order valence-electron chi connectivity index (χ4n) is 2.45. The summed E-state index contributed by atoms with van der Waals surface area (Å²) in [6.07, 6.45) is 0.274. The second-order valence-corrected chi connectivity index (χ2v) is 9.08. The molecule has 2 amide bonds. The lowest BCUT2D eigenvalue weighted by Crippen LogP contribution is -2.32. The van der Waals surface area contributed by atoms with Crippen LogP contribution in [-0.2, 0) is 22.6 Å². The average Bonchev–Trinajstić information content (AvgIpc) is 2.63. The third-order valence-corrected chi connectivity index (χ3v) is 3.71. The van der Waals surface area contributed by atoms with Gasteiger partial charge in [-0.25, -0.2) is 19.0 Å². The van der Waals surface area contributed by atoms with E-state index in [9.17, 15) is 14.0 Å². The molecule has 2 N–H and O–H groups in total. The van der Waals surface area contributed by atoms with Crippen LogP contribution in [-0.4, -0.2) is 28.4 Å². The van der Waals surface area contributed by atoms with Crippen LogP contribution < -0.4 is 15.4 Å². The van der Waals surface area contributed by atoms with E-state index in [0.717, 1.165) is 0 Å². The van der Waals surface area contributed by atoms with Crippen molar-refractivity contribution in [3.8, 4) is 5.88 Å². The van der Waals surface area contributed by atoms with Gasteiger partial charge >= 0.3 is 12.2 Å². The lowest BCUT2D eigenvalue weighted by Gasteiger charge is -2.20. The molecule has 0 aliphatic carbocycles.